The maximum absolute atomic E-state index is 12.0. The van der Waals surface area contributed by atoms with Gasteiger partial charge in [0.15, 0.2) is 0 Å². The molecule has 2 N–H and O–H groups in total. The molecular weight excluding hydrogens is 330 g/mol. The van der Waals surface area contributed by atoms with Gasteiger partial charge in [0.1, 0.15) is 10.3 Å². The number of sulfonamides is 1. The van der Waals surface area contributed by atoms with Crippen LogP contribution < -0.4 is 4.72 Å². The fourth-order valence-electron chi connectivity index (χ4n) is 1.28. The topological polar surface area (TPSA) is 83.5 Å². The maximum atomic E-state index is 12.0. The van der Waals surface area contributed by atoms with Crippen LogP contribution in [0.3, 0.4) is 0 Å². The number of carbonyl (C=O) groups is 1. The van der Waals surface area contributed by atoms with Gasteiger partial charge in [-0.1, -0.05) is 11.6 Å². The van der Waals surface area contributed by atoms with Crippen LogP contribution in [-0.2, 0) is 14.8 Å². The summed E-state index contributed by atoms with van der Waals surface area (Å²) in [5, 5.41) is 9.01. The number of nitrogens with one attached hydrogen (secondary N) is 1. The minimum atomic E-state index is -3.84. The highest BCUT2D eigenvalue weighted by Crippen LogP contribution is 2.30. The van der Waals surface area contributed by atoms with Gasteiger partial charge in [0.25, 0.3) is 10.0 Å². The van der Waals surface area contributed by atoms with Gasteiger partial charge in [-0.15, -0.1) is 11.3 Å². The molecule has 5 nitrogen and oxygen atoms in total. The highest BCUT2D eigenvalue weighted by atomic mass is 35.5. The number of halogens is 1. The summed E-state index contributed by atoms with van der Waals surface area (Å²) in [6.45, 7) is 1.69. The van der Waals surface area contributed by atoms with Gasteiger partial charge in [-0.25, -0.2) is 8.42 Å². The SMILES string of the molecule is CSCC[C@H](NS(=O)(=O)c1cc(C)c(Cl)s1)C(=O)O. The molecule has 0 amide bonds. The summed E-state index contributed by atoms with van der Waals surface area (Å²) in [7, 11) is -3.84. The second-order valence-corrected chi connectivity index (χ2v) is 8.40. The van der Waals surface area contributed by atoms with E-state index in [4.69, 9.17) is 16.7 Å². The number of hydrogen-bond acceptors (Lipinski definition) is 5. The predicted molar refractivity (Wildman–Crippen MR) is 78.8 cm³/mol. The van der Waals surface area contributed by atoms with Gasteiger partial charge in [0.2, 0.25) is 0 Å². The second kappa shape index (κ2) is 6.94. The van der Waals surface area contributed by atoms with Crippen molar-refractivity contribution in [3.05, 3.63) is 16.0 Å². The standard InChI is InChI=1S/C10H14ClNO4S3/c1-6-5-8(18-9(6)11)19(15,16)12-7(10(13)14)3-4-17-2/h5,7,12H,3-4H2,1-2H3,(H,13,14)/t7-/m0/s1. The van der Waals surface area contributed by atoms with Crippen LogP contribution >= 0.6 is 34.7 Å². The molecule has 1 rings (SSSR count). The Bertz CT molecular complexity index is 536. The van der Waals surface area contributed by atoms with Crippen LogP contribution in [0.15, 0.2) is 10.3 Å². The zero-order valence-electron chi connectivity index (χ0n) is 10.3. The molecule has 108 valence electrons. The van der Waals surface area contributed by atoms with Crippen LogP contribution in [0.1, 0.15) is 12.0 Å². The number of carboxylic acids is 1. The average Bonchev–Trinajstić information content (AvgIpc) is 2.65. The van der Waals surface area contributed by atoms with E-state index in [0.717, 1.165) is 11.3 Å². The normalized spacial score (nSPS) is 13.4. The first-order valence-corrected chi connectivity index (χ1v) is 9.35. The van der Waals surface area contributed by atoms with Crippen molar-refractivity contribution in [1.82, 2.24) is 4.72 Å². The quantitative estimate of drug-likeness (QED) is 0.793. The molecule has 1 aromatic rings. The van der Waals surface area contributed by atoms with E-state index in [1.807, 2.05) is 6.26 Å². The number of aliphatic carboxylic acids is 1. The second-order valence-electron chi connectivity index (χ2n) is 3.82. The lowest BCUT2D eigenvalue weighted by atomic mass is 10.2. The van der Waals surface area contributed by atoms with Gasteiger partial charge in [-0.3, -0.25) is 4.79 Å². The molecule has 0 aliphatic heterocycles. The Morgan fingerprint density at radius 3 is 2.68 bits per heavy atom. The summed E-state index contributed by atoms with van der Waals surface area (Å²) in [6.07, 6.45) is 2.06. The molecule has 0 fully saturated rings. The van der Waals surface area contributed by atoms with Gasteiger partial charge in [0.05, 0.1) is 4.34 Å². The molecule has 1 aromatic heterocycles. The van der Waals surface area contributed by atoms with Crippen LogP contribution in [-0.4, -0.2) is 37.5 Å². The first kappa shape index (κ1) is 16.8. The molecule has 0 radical (unpaired) electrons. The van der Waals surface area contributed by atoms with E-state index in [0.29, 0.717) is 15.7 Å². The summed E-state index contributed by atoms with van der Waals surface area (Å²) in [4.78, 5) is 11.0. The summed E-state index contributed by atoms with van der Waals surface area (Å²) in [6, 6.07) is 0.307. The van der Waals surface area contributed by atoms with E-state index >= 15 is 0 Å². The van der Waals surface area contributed by atoms with E-state index < -0.39 is 22.0 Å². The molecule has 0 aliphatic rings. The third-order valence-electron chi connectivity index (χ3n) is 2.31. The van der Waals surface area contributed by atoms with Crippen LogP contribution in [0, 0.1) is 6.92 Å². The van der Waals surface area contributed by atoms with Gasteiger partial charge >= 0.3 is 5.97 Å². The molecule has 0 spiro atoms. The molecule has 0 unspecified atom stereocenters. The maximum Gasteiger partial charge on any atom is 0.321 e. The zero-order chi connectivity index (χ0) is 14.6. The summed E-state index contributed by atoms with van der Waals surface area (Å²) < 4.78 is 26.7. The first-order valence-electron chi connectivity index (χ1n) is 5.28. The minimum Gasteiger partial charge on any atom is -0.480 e. The molecule has 0 saturated heterocycles. The Kier molecular flexibility index (Phi) is 6.13. The van der Waals surface area contributed by atoms with E-state index in [1.165, 1.54) is 17.8 Å². The fraction of sp³-hybridized carbons (Fsp3) is 0.500. The molecule has 1 heterocycles. The van der Waals surface area contributed by atoms with Gasteiger partial charge < -0.3 is 5.11 Å². The third kappa shape index (κ3) is 4.64. The lowest BCUT2D eigenvalue weighted by molar-refractivity contribution is -0.139. The van der Waals surface area contributed by atoms with Crippen molar-refractivity contribution >= 4 is 50.7 Å². The highest BCUT2D eigenvalue weighted by molar-refractivity contribution is 7.98. The molecule has 1 atom stereocenters. The van der Waals surface area contributed by atoms with Crippen LogP contribution in [0.25, 0.3) is 0 Å². The smallest absolute Gasteiger partial charge is 0.321 e. The van der Waals surface area contributed by atoms with E-state index in [9.17, 15) is 13.2 Å². The molecule has 0 saturated carbocycles. The molecule has 0 aliphatic carbocycles. The number of thioether (sulfide) groups is 1. The lowest BCUT2D eigenvalue weighted by Crippen LogP contribution is -2.40. The lowest BCUT2D eigenvalue weighted by Gasteiger charge is -2.13. The van der Waals surface area contributed by atoms with Crippen LogP contribution in [0.2, 0.25) is 4.34 Å². The Hall–Kier alpha value is -0.280. The van der Waals surface area contributed by atoms with E-state index in [2.05, 4.69) is 4.72 Å². The Balaban J connectivity index is 2.90. The first-order chi connectivity index (χ1) is 8.77. The van der Waals surface area contributed by atoms with Crippen molar-refractivity contribution in [3.63, 3.8) is 0 Å². The minimum absolute atomic E-state index is 0.0328. The van der Waals surface area contributed by atoms with Crippen molar-refractivity contribution in [1.29, 1.82) is 0 Å². The number of rotatable bonds is 7. The number of carboxylic acid groups (broad SMARTS) is 1. The fourth-order valence-corrected chi connectivity index (χ4v) is 4.70. The number of aryl methyl sites for hydroxylation is 1. The van der Waals surface area contributed by atoms with Crippen LogP contribution in [0.5, 0.6) is 0 Å². The Labute approximate surface area is 125 Å². The van der Waals surface area contributed by atoms with E-state index in [1.54, 1.807) is 6.92 Å². The Morgan fingerprint density at radius 2 is 2.26 bits per heavy atom. The predicted octanol–water partition coefficient (Wildman–Crippen LogP) is 2.19. The molecule has 19 heavy (non-hydrogen) atoms. The average molecular weight is 344 g/mol. The summed E-state index contributed by atoms with van der Waals surface area (Å²) >= 11 is 8.20. The monoisotopic (exact) mass is 343 g/mol. The van der Waals surface area contributed by atoms with Crippen molar-refractivity contribution in [2.24, 2.45) is 0 Å². The molecule has 0 bridgehead atoms. The van der Waals surface area contributed by atoms with Crippen LogP contribution in [0.4, 0.5) is 0 Å². The van der Waals surface area contributed by atoms with Gasteiger partial charge in [0, 0.05) is 0 Å². The van der Waals surface area contributed by atoms with Crippen molar-refractivity contribution in [2.45, 2.75) is 23.6 Å². The van der Waals surface area contributed by atoms with Crippen molar-refractivity contribution in [3.8, 4) is 0 Å². The summed E-state index contributed by atoms with van der Waals surface area (Å²) in [5.74, 6) is -0.624. The summed E-state index contributed by atoms with van der Waals surface area (Å²) in [5.41, 5.74) is 0.656. The number of thiophene rings is 1. The Morgan fingerprint density at radius 1 is 1.63 bits per heavy atom. The number of hydrogen-bond donors (Lipinski definition) is 2. The highest BCUT2D eigenvalue weighted by Gasteiger charge is 2.26. The molecular formula is C10H14ClNO4S3. The van der Waals surface area contributed by atoms with Gasteiger partial charge in [-0.05, 0) is 37.0 Å². The van der Waals surface area contributed by atoms with Crippen molar-refractivity contribution < 1.29 is 18.3 Å². The van der Waals surface area contributed by atoms with Gasteiger partial charge in [-0.2, -0.15) is 16.5 Å². The largest absolute Gasteiger partial charge is 0.480 e. The zero-order valence-corrected chi connectivity index (χ0v) is 13.5. The van der Waals surface area contributed by atoms with Crippen molar-refractivity contribution in [2.75, 3.05) is 12.0 Å². The third-order valence-corrected chi connectivity index (χ3v) is 6.45. The molecule has 0 aromatic carbocycles. The van der Waals surface area contributed by atoms with E-state index in [-0.39, 0.29) is 10.6 Å². The molecule has 9 heteroatoms.